The Morgan fingerprint density at radius 1 is 1.54 bits per heavy atom. The highest BCUT2D eigenvalue weighted by molar-refractivity contribution is 8.00. The Morgan fingerprint density at radius 3 is 2.62 bits per heavy atom. The molecule has 1 unspecified atom stereocenters. The molecule has 0 bridgehead atoms. The third-order valence-corrected chi connectivity index (χ3v) is 2.56. The van der Waals surface area contributed by atoms with Gasteiger partial charge in [0, 0.05) is 12.3 Å². The Hall–Kier alpha value is -0.710. The van der Waals surface area contributed by atoms with E-state index in [-0.39, 0.29) is 17.6 Å². The van der Waals surface area contributed by atoms with E-state index in [2.05, 4.69) is 5.32 Å². The van der Waals surface area contributed by atoms with Crippen molar-refractivity contribution in [2.45, 2.75) is 25.5 Å². The van der Waals surface area contributed by atoms with Gasteiger partial charge < -0.3 is 10.4 Å². The Morgan fingerprint density at radius 2 is 2.15 bits per heavy atom. The molecule has 2 N–H and O–H groups in total. The van der Waals surface area contributed by atoms with Crippen molar-refractivity contribution >= 4 is 23.6 Å². The standard InChI is InChI=1S/C8H15NO3S/c1-3-9-8(12)6(2)13-5-4-7(10)11/h6H,3-5H2,1-2H3,(H,9,12)(H,10,11). The zero-order valence-corrected chi connectivity index (χ0v) is 8.69. The summed E-state index contributed by atoms with van der Waals surface area (Å²) < 4.78 is 0. The lowest BCUT2D eigenvalue weighted by Crippen LogP contribution is -2.30. The predicted molar refractivity (Wildman–Crippen MR) is 52.9 cm³/mol. The molecule has 1 amide bonds. The van der Waals surface area contributed by atoms with Crippen LogP contribution in [0.2, 0.25) is 0 Å². The van der Waals surface area contributed by atoms with Crippen LogP contribution in [0.1, 0.15) is 20.3 Å². The van der Waals surface area contributed by atoms with Gasteiger partial charge >= 0.3 is 5.97 Å². The summed E-state index contributed by atoms with van der Waals surface area (Å²) in [6, 6.07) is 0. The molecule has 0 aromatic carbocycles. The number of nitrogens with one attached hydrogen (secondary N) is 1. The first kappa shape index (κ1) is 12.3. The van der Waals surface area contributed by atoms with Gasteiger partial charge in [-0.3, -0.25) is 9.59 Å². The molecule has 0 spiro atoms. The largest absolute Gasteiger partial charge is 0.481 e. The molecule has 76 valence electrons. The number of aliphatic carboxylic acids is 1. The summed E-state index contributed by atoms with van der Waals surface area (Å²) in [5.41, 5.74) is 0. The minimum Gasteiger partial charge on any atom is -0.481 e. The Labute approximate surface area is 82.1 Å². The molecule has 0 saturated carbocycles. The van der Waals surface area contributed by atoms with Crippen LogP contribution in [-0.2, 0) is 9.59 Å². The molecule has 0 rings (SSSR count). The molecular weight excluding hydrogens is 190 g/mol. The fourth-order valence-electron chi connectivity index (χ4n) is 0.717. The molecular formula is C8H15NO3S. The van der Waals surface area contributed by atoms with Gasteiger partial charge in [0.15, 0.2) is 0 Å². The van der Waals surface area contributed by atoms with E-state index < -0.39 is 5.97 Å². The number of carbonyl (C=O) groups excluding carboxylic acids is 1. The zero-order chi connectivity index (χ0) is 10.3. The van der Waals surface area contributed by atoms with Crippen LogP contribution < -0.4 is 5.32 Å². The highest BCUT2D eigenvalue weighted by Gasteiger charge is 2.12. The van der Waals surface area contributed by atoms with Crippen molar-refractivity contribution in [1.82, 2.24) is 5.32 Å². The van der Waals surface area contributed by atoms with Crippen LogP contribution in [0.3, 0.4) is 0 Å². The summed E-state index contributed by atoms with van der Waals surface area (Å²) in [4.78, 5) is 21.3. The SMILES string of the molecule is CCNC(=O)C(C)SCCC(=O)O. The lowest BCUT2D eigenvalue weighted by Gasteiger charge is -2.09. The number of amides is 1. The van der Waals surface area contributed by atoms with Gasteiger partial charge in [-0.15, -0.1) is 11.8 Å². The van der Waals surface area contributed by atoms with Gasteiger partial charge in [-0.2, -0.15) is 0 Å². The van der Waals surface area contributed by atoms with Gasteiger partial charge in [-0.1, -0.05) is 0 Å². The van der Waals surface area contributed by atoms with Crippen LogP contribution in [0.4, 0.5) is 0 Å². The molecule has 0 aliphatic heterocycles. The normalized spacial score (nSPS) is 12.2. The second-order valence-corrected chi connectivity index (χ2v) is 4.00. The molecule has 1 atom stereocenters. The van der Waals surface area contributed by atoms with Crippen molar-refractivity contribution in [3.8, 4) is 0 Å². The molecule has 0 fully saturated rings. The highest BCUT2D eigenvalue weighted by atomic mass is 32.2. The fraction of sp³-hybridized carbons (Fsp3) is 0.750. The molecule has 0 heterocycles. The van der Waals surface area contributed by atoms with Gasteiger partial charge in [-0.05, 0) is 13.8 Å². The van der Waals surface area contributed by atoms with Gasteiger partial charge in [-0.25, -0.2) is 0 Å². The summed E-state index contributed by atoms with van der Waals surface area (Å²) in [6.07, 6.45) is 0.106. The Bertz CT molecular complexity index is 184. The first-order valence-electron chi connectivity index (χ1n) is 4.19. The fourth-order valence-corrected chi connectivity index (χ4v) is 1.60. The smallest absolute Gasteiger partial charge is 0.304 e. The van der Waals surface area contributed by atoms with Crippen molar-refractivity contribution in [3.63, 3.8) is 0 Å². The maximum Gasteiger partial charge on any atom is 0.304 e. The molecule has 0 aromatic heterocycles. The van der Waals surface area contributed by atoms with Crippen LogP contribution in [0, 0.1) is 0 Å². The zero-order valence-electron chi connectivity index (χ0n) is 7.87. The lowest BCUT2D eigenvalue weighted by molar-refractivity contribution is -0.136. The Kier molecular flexibility index (Phi) is 6.40. The summed E-state index contributed by atoms with van der Waals surface area (Å²) in [6.45, 7) is 4.24. The number of rotatable bonds is 6. The highest BCUT2D eigenvalue weighted by Crippen LogP contribution is 2.11. The number of thioether (sulfide) groups is 1. The first-order valence-corrected chi connectivity index (χ1v) is 5.24. The third kappa shape index (κ3) is 6.45. The number of hydrogen-bond acceptors (Lipinski definition) is 3. The van der Waals surface area contributed by atoms with E-state index in [4.69, 9.17) is 5.11 Å². The number of carbonyl (C=O) groups is 2. The second-order valence-electron chi connectivity index (χ2n) is 2.55. The number of carboxylic acid groups (broad SMARTS) is 1. The van der Waals surface area contributed by atoms with E-state index in [1.807, 2.05) is 6.92 Å². The number of carboxylic acids is 1. The van der Waals surface area contributed by atoms with Crippen molar-refractivity contribution in [2.75, 3.05) is 12.3 Å². The van der Waals surface area contributed by atoms with Gasteiger partial charge in [0.2, 0.25) is 5.91 Å². The van der Waals surface area contributed by atoms with Crippen LogP contribution >= 0.6 is 11.8 Å². The molecule has 5 heteroatoms. The van der Waals surface area contributed by atoms with Crippen LogP contribution in [0.5, 0.6) is 0 Å². The summed E-state index contributed by atoms with van der Waals surface area (Å²) in [5.74, 6) is -0.373. The van der Waals surface area contributed by atoms with E-state index in [1.165, 1.54) is 11.8 Å². The molecule has 0 aliphatic carbocycles. The molecule has 4 nitrogen and oxygen atoms in total. The predicted octanol–water partition coefficient (Wildman–Crippen LogP) is 0.719. The third-order valence-electron chi connectivity index (χ3n) is 1.40. The van der Waals surface area contributed by atoms with Gasteiger partial charge in [0.25, 0.3) is 0 Å². The molecule has 0 radical (unpaired) electrons. The summed E-state index contributed by atoms with van der Waals surface area (Å²) in [5, 5.41) is 10.9. The molecule has 0 aromatic rings. The first-order chi connectivity index (χ1) is 6.07. The van der Waals surface area contributed by atoms with Gasteiger partial charge in [0.1, 0.15) is 0 Å². The minimum atomic E-state index is -0.824. The molecule has 0 saturated heterocycles. The average molecular weight is 205 g/mol. The monoisotopic (exact) mass is 205 g/mol. The molecule has 0 aliphatic rings. The minimum absolute atomic E-state index is 0.0297. The van der Waals surface area contributed by atoms with Crippen molar-refractivity contribution in [3.05, 3.63) is 0 Å². The maximum atomic E-state index is 11.1. The average Bonchev–Trinajstić information content (AvgIpc) is 2.04. The van der Waals surface area contributed by atoms with E-state index in [1.54, 1.807) is 6.92 Å². The van der Waals surface area contributed by atoms with Crippen LogP contribution in [0.25, 0.3) is 0 Å². The van der Waals surface area contributed by atoms with Crippen molar-refractivity contribution < 1.29 is 14.7 Å². The van der Waals surface area contributed by atoms with Crippen LogP contribution in [0.15, 0.2) is 0 Å². The van der Waals surface area contributed by atoms with E-state index in [0.717, 1.165) is 0 Å². The van der Waals surface area contributed by atoms with Crippen molar-refractivity contribution in [1.29, 1.82) is 0 Å². The van der Waals surface area contributed by atoms with Crippen molar-refractivity contribution in [2.24, 2.45) is 0 Å². The lowest BCUT2D eigenvalue weighted by atomic mass is 10.4. The van der Waals surface area contributed by atoms with Crippen LogP contribution in [-0.4, -0.2) is 34.5 Å². The second kappa shape index (κ2) is 6.77. The topological polar surface area (TPSA) is 66.4 Å². The van der Waals surface area contributed by atoms with E-state index in [0.29, 0.717) is 12.3 Å². The van der Waals surface area contributed by atoms with E-state index in [9.17, 15) is 9.59 Å². The summed E-state index contributed by atoms with van der Waals surface area (Å²) in [7, 11) is 0. The Balaban J connectivity index is 3.55. The maximum absolute atomic E-state index is 11.1. The van der Waals surface area contributed by atoms with Gasteiger partial charge in [0.05, 0.1) is 11.7 Å². The van der Waals surface area contributed by atoms with E-state index >= 15 is 0 Å². The quantitative estimate of drug-likeness (QED) is 0.670. The summed E-state index contributed by atoms with van der Waals surface area (Å²) >= 11 is 1.36. The molecule has 13 heavy (non-hydrogen) atoms. The number of hydrogen-bond donors (Lipinski definition) is 2.